The summed E-state index contributed by atoms with van der Waals surface area (Å²) in [6.07, 6.45) is 9.19. The second-order valence-corrected chi connectivity index (χ2v) is 5.94. The lowest BCUT2D eigenvalue weighted by molar-refractivity contribution is -0.142. The van der Waals surface area contributed by atoms with E-state index in [1.165, 1.54) is 49.8 Å². The molecule has 0 unspecified atom stereocenters. The van der Waals surface area contributed by atoms with Crippen LogP contribution in [0.4, 0.5) is 4.79 Å². The molecule has 0 aliphatic rings. The molecule has 0 heterocycles. The van der Waals surface area contributed by atoms with Gasteiger partial charge in [-0.25, -0.2) is 9.59 Å². The molecule has 1 amide bonds. The van der Waals surface area contributed by atoms with E-state index in [1.54, 1.807) is 0 Å². The van der Waals surface area contributed by atoms with Gasteiger partial charge in [0.15, 0.2) is 0 Å². The number of rotatable bonds is 17. The van der Waals surface area contributed by atoms with Crippen LogP contribution in [0.15, 0.2) is 0 Å². The van der Waals surface area contributed by atoms with Gasteiger partial charge in [-0.15, -0.1) is 0 Å². The molecule has 142 valence electrons. The van der Waals surface area contributed by atoms with Crippen LogP contribution in [0.25, 0.3) is 0 Å². The number of unbranched alkanes of at least 4 members (excludes halogenated alkanes) is 7. The monoisotopic (exact) mass is 346 g/mol. The maximum Gasteiger partial charge on any atom is 0.407 e. The van der Waals surface area contributed by atoms with Gasteiger partial charge < -0.3 is 25.2 Å². The van der Waals surface area contributed by atoms with Crippen LogP contribution in [0.3, 0.4) is 0 Å². The van der Waals surface area contributed by atoms with E-state index in [2.05, 4.69) is 12.2 Å². The molecule has 3 N–H and O–H groups in total. The highest BCUT2D eigenvalue weighted by Gasteiger charge is 2.10. The van der Waals surface area contributed by atoms with Gasteiger partial charge in [0.25, 0.3) is 0 Å². The first-order valence-electron chi connectivity index (χ1n) is 9.06. The summed E-state index contributed by atoms with van der Waals surface area (Å²) in [6, 6.07) is 0. The summed E-state index contributed by atoms with van der Waals surface area (Å²) in [5.41, 5.74) is 0. The lowest BCUT2D eigenvalue weighted by Crippen LogP contribution is -2.38. The van der Waals surface area contributed by atoms with Gasteiger partial charge in [-0.3, -0.25) is 0 Å². The molecule has 0 aliphatic heterocycles. The van der Waals surface area contributed by atoms with Crippen molar-refractivity contribution in [3.63, 3.8) is 0 Å². The number of hydrogen-bond donors (Lipinski definition) is 3. The first kappa shape index (κ1) is 22.7. The number of hydrogen-bond acceptors (Lipinski definition) is 4. The number of amides is 1. The molecule has 0 radical (unpaired) electrons. The van der Waals surface area contributed by atoms with E-state index in [0.29, 0.717) is 13.1 Å². The third-order valence-electron chi connectivity index (χ3n) is 3.77. The fourth-order valence-electron chi connectivity index (χ4n) is 2.36. The average Bonchev–Trinajstić information content (AvgIpc) is 2.53. The van der Waals surface area contributed by atoms with Gasteiger partial charge in [-0.2, -0.15) is 0 Å². The molecular formula is C17H34N2O5. The van der Waals surface area contributed by atoms with Crippen molar-refractivity contribution in [1.82, 2.24) is 10.2 Å². The summed E-state index contributed by atoms with van der Waals surface area (Å²) in [4.78, 5) is 22.6. The van der Waals surface area contributed by atoms with Crippen LogP contribution in [0, 0.1) is 0 Å². The summed E-state index contributed by atoms with van der Waals surface area (Å²) < 4.78 is 4.86. The van der Waals surface area contributed by atoms with Gasteiger partial charge in [0.1, 0.15) is 6.61 Å². The van der Waals surface area contributed by atoms with E-state index in [4.69, 9.17) is 14.9 Å². The van der Waals surface area contributed by atoms with E-state index in [0.717, 1.165) is 13.0 Å². The molecule has 0 spiro atoms. The Morgan fingerprint density at radius 3 is 2.12 bits per heavy atom. The highest BCUT2D eigenvalue weighted by Crippen LogP contribution is 2.07. The fourth-order valence-corrected chi connectivity index (χ4v) is 2.36. The topological polar surface area (TPSA) is 99.1 Å². The van der Waals surface area contributed by atoms with Crippen molar-refractivity contribution in [1.29, 1.82) is 0 Å². The van der Waals surface area contributed by atoms with E-state index < -0.39 is 18.7 Å². The number of nitrogens with one attached hydrogen (secondary N) is 1. The Morgan fingerprint density at radius 2 is 1.54 bits per heavy atom. The summed E-state index contributed by atoms with van der Waals surface area (Å²) >= 11 is 0. The molecular weight excluding hydrogens is 312 g/mol. The Morgan fingerprint density at radius 1 is 0.917 bits per heavy atom. The summed E-state index contributed by atoms with van der Waals surface area (Å²) in [6.45, 7) is 3.98. The fraction of sp³-hybridized carbons (Fsp3) is 0.882. The van der Waals surface area contributed by atoms with Gasteiger partial charge in [-0.05, 0) is 13.0 Å². The number of carbonyl (C=O) groups is 2. The SMILES string of the molecule is CCCCCCCCCCNCCN(CCOCC(=O)O)C(=O)O. The Labute approximate surface area is 145 Å². The van der Waals surface area contributed by atoms with Crippen molar-refractivity contribution in [2.24, 2.45) is 0 Å². The Balaban J connectivity index is 3.47. The summed E-state index contributed by atoms with van der Waals surface area (Å²) in [7, 11) is 0. The van der Waals surface area contributed by atoms with Gasteiger partial charge in [0.05, 0.1) is 6.61 Å². The van der Waals surface area contributed by atoms with Crippen LogP contribution in [0.1, 0.15) is 58.3 Å². The molecule has 0 saturated heterocycles. The Kier molecular flexibility index (Phi) is 15.6. The zero-order valence-corrected chi connectivity index (χ0v) is 15.0. The smallest absolute Gasteiger partial charge is 0.407 e. The molecule has 0 aliphatic carbocycles. The van der Waals surface area contributed by atoms with Crippen molar-refractivity contribution < 1.29 is 24.5 Å². The molecule has 0 saturated carbocycles. The molecule has 0 aromatic heterocycles. The predicted molar refractivity (Wildman–Crippen MR) is 93.5 cm³/mol. The molecule has 7 heteroatoms. The molecule has 7 nitrogen and oxygen atoms in total. The average molecular weight is 346 g/mol. The van der Waals surface area contributed by atoms with E-state index in [-0.39, 0.29) is 13.2 Å². The number of carboxylic acid groups (broad SMARTS) is 2. The summed E-state index contributed by atoms with van der Waals surface area (Å²) in [5.74, 6) is -1.05. The molecule has 24 heavy (non-hydrogen) atoms. The Hall–Kier alpha value is -1.34. The number of ether oxygens (including phenoxy) is 1. The minimum absolute atomic E-state index is 0.0939. The van der Waals surface area contributed by atoms with Crippen LogP contribution < -0.4 is 5.32 Å². The number of aliphatic carboxylic acids is 1. The van der Waals surface area contributed by atoms with Crippen molar-refractivity contribution >= 4 is 12.1 Å². The standard InChI is InChI=1S/C17H34N2O5/c1-2-3-4-5-6-7-8-9-10-18-11-12-19(17(22)23)13-14-24-15-16(20)21/h18H,2-15H2,1H3,(H,20,21)(H,22,23). The second-order valence-electron chi connectivity index (χ2n) is 5.94. The largest absolute Gasteiger partial charge is 0.480 e. The van der Waals surface area contributed by atoms with Gasteiger partial charge in [0.2, 0.25) is 0 Å². The third-order valence-corrected chi connectivity index (χ3v) is 3.77. The molecule has 0 rings (SSSR count). The summed E-state index contributed by atoms with van der Waals surface area (Å²) in [5, 5.41) is 20.8. The van der Waals surface area contributed by atoms with E-state index >= 15 is 0 Å². The van der Waals surface area contributed by atoms with Crippen molar-refractivity contribution in [3.05, 3.63) is 0 Å². The zero-order valence-electron chi connectivity index (χ0n) is 15.0. The number of carboxylic acids is 1. The Bertz CT molecular complexity index is 326. The van der Waals surface area contributed by atoms with Gasteiger partial charge in [-0.1, -0.05) is 51.9 Å². The van der Waals surface area contributed by atoms with E-state index in [9.17, 15) is 9.59 Å². The van der Waals surface area contributed by atoms with Crippen molar-refractivity contribution in [2.45, 2.75) is 58.3 Å². The molecule has 0 aromatic carbocycles. The van der Waals surface area contributed by atoms with E-state index in [1.807, 2.05) is 0 Å². The molecule has 0 fully saturated rings. The minimum Gasteiger partial charge on any atom is -0.480 e. The van der Waals surface area contributed by atoms with Crippen LogP contribution in [-0.2, 0) is 9.53 Å². The zero-order chi connectivity index (χ0) is 18.0. The number of nitrogens with zero attached hydrogens (tertiary/aromatic N) is 1. The maximum absolute atomic E-state index is 11.1. The lowest BCUT2D eigenvalue weighted by atomic mass is 10.1. The highest BCUT2D eigenvalue weighted by atomic mass is 16.5. The van der Waals surface area contributed by atoms with Crippen LogP contribution in [0.5, 0.6) is 0 Å². The van der Waals surface area contributed by atoms with Crippen LogP contribution >= 0.6 is 0 Å². The van der Waals surface area contributed by atoms with Crippen molar-refractivity contribution in [3.8, 4) is 0 Å². The van der Waals surface area contributed by atoms with Crippen LogP contribution in [-0.4, -0.2) is 66.6 Å². The minimum atomic E-state index is -1.05. The second kappa shape index (κ2) is 16.5. The molecule has 0 aromatic rings. The first-order valence-corrected chi connectivity index (χ1v) is 9.06. The molecule has 0 atom stereocenters. The highest BCUT2D eigenvalue weighted by molar-refractivity contribution is 5.68. The van der Waals surface area contributed by atoms with Gasteiger partial charge >= 0.3 is 12.1 Å². The predicted octanol–water partition coefficient (Wildman–Crippen LogP) is 2.80. The quantitative estimate of drug-likeness (QED) is 0.350. The first-order chi connectivity index (χ1) is 11.6. The lowest BCUT2D eigenvalue weighted by Gasteiger charge is -2.19. The third kappa shape index (κ3) is 15.6. The van der Waals surface area contributed by atoms with Gasteiger partial charge in [0, 0.05) is 19.6 Å². The van der Waals surface area contributed by atoms with Crippen molar-refractivity contribution in [2.75, 3.05) is 39.4 Å². The normalized spacial score (nSPS) is 10.7. The molecule has 0 bridgehead atoms. The van der Waals surface area contributed by atoms with Crippen LogP contribution in [0.2, 0.25) is 0 Å². The maximum atomic E-state index is 11.1.